The van der Waals surface area contributed by atoms with E-state index in [1.807, 2.05) is 0 Å². The molecule has 1 heterocycles. The molecular weight excluding hydrogens is 346 g/mol. The Morgan fingerprint density at radius 1 is 0.962 bits per heavy atom. The molecule has 0 unspecified atom stereocenters. The Bertz CT molecular complexity index is 725. The zero-order chi connectivity index (χ0) is 16.7. The smallest absolute Gasteiger partial charge is 0.119 e. The quantitative estimate of drug-likeness (QED) is 0.812. The molecule has 0 aromatic heterocycles. The van der Waals surface area contributed by atoms with Crippen LogP contribution in [0.15, 0.2) is 48.5 Å². The highest BCUT2D eigenvalue weighted by atomic mass is 35.5. The predicted octanol–water partition coefficient (Wildman–Crippen LogP) is 3.94. The second-order valence-electron chi connectivity index (χ2n) is 7.40. The molecule has 0 N–H and O–H groups in total. The highest BCUT2D eigenvalue weighted by Crippen LogP contribution is 2.56. The monoisotopic (exact) mass is 371 g/mol. The van der Waals surface area contributed by atoms with E-state index in [9.17, 15) is 0 Å². The second kappa shape index (κ2) is 7.32. The minimum absolute atomic E-state index is 0. The van der Waals surface area contributed by atoms with Gasteiger partial charge in [0.25, 0.3) is 0 Å². The molecule has 0 spiro atoms. The molecule has 0 atom stereocenters. The second-order valence-corrected chi connectivity index (χ2v) is 7.40. The van der Waals surface area contributed by atoms with Crippen LogP contribution in [0.4, 0.5) is 0 Å². The van der Waals surface area contributed by atoms with Gasteiger partial charge in [-0.25, -0.2) is 0 Å². The van der Waals surface area contributed by atoms with E-state index in [1.54, 1.807) is 0 Å². The standard InChI is InChI=1S/C22H25NO2.ClH/c1-3-7-20-18(5-1)17-9-10-22(20,21-8-4-2-6-19(17)21)25-16-13-23-11-14-24-15-12-23;/h1-8,17H,9-16H2;1H. The van der Waals surface area contributed by atoms with Gasteiger partial charge < -0.3 is 9.47 Å². The summed E-state index contributed by atoms with van der Waals surface area (Å²) in [5, 5.41) is 0. The van der Waals surface area contributed by atoms with E-state index in [4.69, 9.17) is 9.47 Å². The lowest BCUT2D eigenvalue weighted by Gasteiger charge is -2.49. The summed E-state index contributed by atoms with van der Waals surface area (Å²) in [5.74, 6) is 0.539. The molecular formula is C22H26ClNO2. The van der Waals surface area contributed by atoms with Crippen LogP contribution < -0.4 is 0 Å². The molecule has 0 radical (unpaired) electrons. The van der Waals surface area contributed by atoms with E-state index in [0.29, 0.717) is 5.92 Å². The van der Waals surface area contributed by atoms with Crippen molar-refractivity contribution in [2.75, 3.05) is 39.5 Å². The molecule has 26 heavy (non-hydrogen) atoms. The molecule has 2 bridgehead atoms. The SMILES string of the molecule is Cl.c1ccc2c(c1)C1CCC2(OCCN2CCOCC2)c2ccccc21. The van der Waals surface area contributed by atoms with Crippen LogP contribution in [0.1, 0.15) is 41.0 Å². The number of nitrogens with zero attached hydrogens (tertiary/aromatic N) is 1. The number of rotatable bonds is 4. The number of fused-ring (bicyclic) bond motifs is 1. The van der Waals surface area contributed by atoms with Crippen LogP contribution in [0.5, 0.6) is 0 Å². The van der Waals surface area contributed by atoms with Gasteiger partial charge in [0.1, 0.15) is 5.60 Å². The summed E-state index contributed by atoms with van der Waals surface area (Å²) in [5.41, 5.74) is 5.48. The zero-order valence-electron chi connectivity index (χ0n) is 15.0. The van der Waals surface area contributed by atoms with Crippen molar-refractivity contribution in [3.05, 3.63) is 70.8 Å². The molecule has 3 aliphatic carbocycles. The molecule has 1 fully saturated rings. The zero-order valence-corrected chi connectivity index (χ0v) is 15.8. The fraction of sp³-hybridized carbons (Fsp3) is 0.455. The molecule has 0 saturated carbocycles. The van der Waals surface area contributed by atoms with Crippen LogP contribution in [-0.2, 0) is 15.1 Å². The number of ether oxygens (including phenoxy) is 2. The lowest BCUT2D eigenvalue weighted by molar-refractivity contribution is -0.0550. The van der Waals surface area contributed by atoms with Crippen LogP contribution in [0.3, 0.4) is 0 Å². The van der Waals surface area contributed by atoms with Crippen LogP contribution in [0.25, 0.3) is 0 Å². The van der Waals surface area contributed by atoms with Crippen molar-refractivity contribution in [3.8, 4) is 0 Å². The first-order valence-corrected chi connectivity index (χ1v) is 9.51. The molecule has 2 aromatic rings. The van der Waals surface area contributed by atoms with Crippen LogP contribution in [0.2, 0.25) is 0 Å². The molecule has 4 aliphatic rings. The summed E-state index contributed by atoms with van der Waals surface area (Å²) >= 11 is 0. The Kier molecular flexibility index (Phi) is 5.07. The lowest BCUT2D eigenvalue weighted by Crippen LogP contribution is -2.44. The van der Waals surface area contributed by atoms with Crippen molar-refractivity contribution in [1.82, 2.24) is 4.90 Å². The topological polar surface area (TPSA) is 21.7 Å². The maximum atomic E-state index is 6.73. The predicted molar refractivity (Wildman–Crippen MR) is 105 cm³/mol. The molecule has 2 aromatic carbocycles. The number of benzene rings is 2. The van der Waals surface area contributed by atoms with Gasteiger partial charge in [-0.05, 0) is 35.1 Å². The summed E-state index contributed by atoms with van der Waals surface area (Å²) in [6.07, 6.45) is 2.28. The fourth-order valence-corrected chi connectivity index (χ4v) is 4.98. The summed E-state index contributed by atoms with van der Waals surface area (Å²) in [7, 11) is 0. The first-order chi connectivity index (χ1) is 12.4. The third kappa shape index (κ3) is 2.78. The number of hydrogen-bond donors (Lipinski definition) is 0. The third-order valence-corrected chi connectivity index (χ3v) is 6.19. The largest absolute Gasteiger partial charge is 0.379 e. The van der Waals surface area contributed by atoms with Crippen LogP contribution in [0, 0.1) is 0 Å². The summed E-state index contributed by atoms with van der Waals surface area (Å²) in [6.45, 7) is 5.49. The first kappa shape index (κ1) is 18.0. The minimum atomic E-state index is -0.256. The van der Waals surface area contributed by atoms with Gasteiger partial charge in [0.15, 0.2) is 0 Å². The van der Waals surface area contributed by atoms with Crippen molar-refractivity contribution < 1.29 is 9.47 Å². The van der Waals surface area contributed by atoms with Gasteiger partial charge in [-0.15, -0.1) is 12.4 Å². The van der Waals surface area contributed by atoms with Crippen molar-refractivity contribution in [2.24, 2.45) is 0 Å². The highest BCUT2D eigenvalue weighted by molar-refractivity contribution is 5.85. The number of hydrogen-bond acceptors (Lipinski definition) is 3. The van der Waals surface area contributed by atoms with E-state index in [-0.39, 0.29) is 18.0 Å². The molecule has 1 aliphatic heterocycles. The average molecular weight is 372 g/mol. The summed E-state index contributed by atoms with van der Waals surface area (Å²) < 4.78 is 12.2. The Balaban J connectivity index is 0.00000168. The third-order valence-electron chi connectivity index (χ3n) is 6.19. The van der Waals surface area contributed by atoms with Gasteiger partial charge >= 0.3 is 0 Å². The van der Waals surface area contributed by atoms with Gasteiger partial charge in [0, 0.05) is 25.6 Å². The number of halogens is 1. The Hall–Kier alpha value is -1.39. The highest BCUT2D eigenvalue weighted by Gasteiger charge is 2.48. The van der Waals surface area contributed by atoms with E-state index in [2.05, 4.69) is 53.4 Å². The average Bonchev–Trinajstić information content (AvgIpc) is 2.70. The Morgan fingerprint density at radius 2 is 1.58 bits per heavy atom. The Morgan fingerprint density at radius 3 is 2.23 bits per heavy atom. The van der Waals surface area contributed by atoms with Gasteiger partial charge in [-0.2, -0.15) is 0 Å². The van der Waals surface area contributed by atoms with Crippen LogP contribution in [-0.4, -0.2) is 44.4 Å². The van der Waals surface area contributed by atoms with Crippen molar-refractivity contribution in [2.45, 2.75) is 24.4 Å². The van der Waals surface area contributed by atoms with Crippen molar-refractivity contribution in [3.63, 3.8) is 0 Å². The molecule has 0 amide bonds. The maximum absolute atomic E-state index is 6.73. The normalized spacial score (nSPS) is 26.7. The molecule has 6 rings (SSSR count). The molecule has 138 valence electrons. The lowest BCUT2D eigenvalue weighted by atomic mass is 9.61. The summed E-state index contributed by atoms with van der Waals surface area (Å²) in [4.78, 5) is 2.45. The Labute approximate surface area is 161 Å². The van der Waals surface area contributed by atoms with Crippen molar-refractivity contribution in [1.29, 1.82) is 0 Å². The molecule has 4 heteroatoms. The van der Waals surface area contributed by atoms with Crippen LogP contribution >= 0.6 is 12.4 Å². The van der Waals surface area contributed by atoms with E-state index < -0.39 is 0 Å². The molecule has 3 nitrogen and oxygen atoms in total. The van der Waals surface area contributed by atoms with Gasteiger partial charge in [0.05, 0.1) is 19.8 Å². The van der Waals surface area contributed by atoms with E-state index in [1.165, 1.54) is 28.7 Å². The van der Waals surface area contributed by atoms with Crippen molar-refractivity contribution >= 4 is 12.4 Å². The van der Waals surface area contributed by atoms with E-state index in [0.717, 1.165) is 45.9 Å². The first-order valence-electron chi connectivity index (χ1n) is 9.51. The fourth-order valence-electron chi connectivity index (χ4n) is 4.98. The summed E-state index contributed by atoms with van der Waals surface area (Å²) in [6, 6.07) is 17.8. The van der Waals surface area contributed by atoms with E-state index >= 15 is 0 Å². The molecule has 1 saturated heterocycles. The van der Waals surface area contributed by atoms with Gasteiger partial charge in [0.2, 0.25) is 0 Å². The number of morpholine rings is 1. The minimum Gasteiger partial charge on any atom is -0.379 e. The van der Waals surface area contributed by atoms with Gasteiger partial charge in [-0.1, -0.05) is 48.5 Å². The van der Waals surface area contributed by atoms with Gasteiger partial charge in [-0.3, -0.25) is 4.90 Å². The maximum Gasteiger partial charge on any atom is 0.119 e.